The zero-order valence-corrected chi connectivity index (χ0v) is 18.0. The third-order valence-corrected chi connectivity index (χ3v) is 6.58. The predicted octanol–water partition coefficient (Wildman–Crippen LogP) is 5.37. The van der Waals surface area contributed by atoms with E-state index >= 15 is 0 Å². The molecular weight excluding hydrogens is 406 g/mol. The highest BCUT2D eigenvalue weighted by atomic mass is 16.3. The molecule has 1 aliphatic carbocycles. The van der Waals surface area contributed by atoms with Crippen LogP contribution < -0.4 is 0 Å². The van der Waals surface area contributed by atoms with Gasteiger partial charge in [-0.1, -0.05) is 114 Å². The third-order valence-electron chi connectivity index (χ3n) is 6.58. The molecule has 1 unspecified atom stereocenters. The van der Waals surface area contributed by atoms with Crippen molar-refractivity contribution in [2.24, 2.45) is 0 Å². The minimum Gasteiger partial charge on any atom is -0.378 e. The van der Waals surface area contributed by atoms with Gasteiger partial charge in [0.2, 0.25) is 0 Å². The van der Waals surface area contributed by atoms with Crippen molar-refractivity contribution in [3.05, 3.63) is 143 Å². The van der Waals surface area contributed by atoms with Crippen LogP contribution in [0.2, 0.25) is 0 Å². The van der Waals surface area contributed by atoms with E-state index < -0.39 is 5.60 Å². The Kier molecular flexibility index (Phi) is 4.67. The van der Waals surface area contributed by atoms with Gasteiger partial charge < -0.3 is 5.11 Å². The van der Waals surface area contributed by atoms with Crippen molar-refractivity contribution < 1.29 is 5.11 Å². The Morgan fingerprint density at radius 3 is 1.88 bits per heavy atom. The summed E-state index contributed by atoms with van der Waals surface area (Å²) in [4.78, 5) is 0. The van der Waals surface area contributed by atoms with Gasteiger partial charge in [0.1, 0.15) is 11.3 Å². The Hall–Kier alpha value is -4.02. The Labute approximate surface area is 192 Å². The van der Waals surface area contributed by atoms with E-state index in [-0.39, 0.29) is 5.92 Å². The summed E-state index contributed by atoms with van der Waals surface area (Å²) in [6.45, 7) is 0.594. The van der Waals surface area contributed by atoms with Gasteiger partial charge in [0, 0.05) is 5.92 Å². The number of rotatable bonds is 5. The monoisotopic (exact) mass is 429 g/mol. The fraction of sp³-hybridized carbons (Fsp3) is 0.103. The molecule has 1 heterocycles. The number of aromatic nitrogens is 3. The summed E-state index contributed by atoms with van der Waals surface area (Å²) < 4.78 is 1.80. The second-order valence-corrected chi connectivity index (χ2v) is 8.53. The van der Waals surface area contributed by atoms with E-state index in [9.17, 15) is 5.11 Å². The molecule has 0 saturated carbocycles. The van der Waals surface area contributed by atoms with Gasteiger partial charge in [0.05, 0.1) is 12.7 Å². The van der Waals surface area contributed by atoms with E-state index in [1.165, 1.54) is 0 Å². The number of hydrogen-bond donors (Lipinski definition) is 1. The van der Waals surface area contributed by atoms with Gasteiger partial charge in [-0.2, -0.15) is 0 Å². The molecule has 0 aliphatic heterocycles. The summed E-state index contributed by atoms with van der Waals surface area (Å²) in [5.41, 5.74) is 5.61. The number of benzene rings is 4. The van der Waals surface area contributed by atoms with Gasteiger partial charge in [-0.05, 0) is 33.4 Å². The molecule has 0 spiro atoms. The highest BCUT2D eigenvalue weighted by Crippen LogP contribution is 2.54. The number of nitrogens with zero attached hydrogens (tertiary/aromatic N) is 3. The first-order valence-electron chi connectivity index (χ1n) is 11.2. The fourth-order valence-electron chi connectivity index (χ4n) is 5.08. The first kappa shape index (κ1) is 19.6. The molecule has 0 radical (unpaired) electrons. The van der Waals surface area contributed by atoms with Gasteiger partial charge >= 0.3 is 0 Å². The standard InChI is InChI=1S/C29H23N3O/c33-29(22-13-5-2-6-14-22,27-20-32(31-30-27)19-21-11-3-1-4-12-21)28-25-17-9-7-15-23(25)24-16-8-10-18-26(24)28/h1-18,20,28,33H,19H2. The summed E-state index contributed by atoms with van der Waals surface area (Å²) >= 11 is 0. The molecule has 5 aromatic rings. The molecule has 1 atom stereocenters. The summed E-state index contributed by atoms with van der Waals surface area (Å²) in [6.07, 6.45) is 1.88. The molecule has 4 aromatic carbocycles. The molecule has 1 aliphatic rings. The SMILES string of the molecule is OC(c1ccccc1)(c1cn(Cc2ccccc2)nn1)C1c2ccccc2-c2ccccc21. The van der Waals surface area contributed by atoms with Gasteiger partial charge in [-0.3, -0.25) is 0 Å². The first-order valence-corrected chi connectivity index (χ1v) is 11.2. The second-order valence-electron chi connectivity index (χ2n) is 8.53. The number of hydrogen-bond acceptors (Lipinski definition) is 3. The quantitative estimate of drug-likeness (QED) is 0.408. The Bertz CT molecular complexity index is 1370. The molecule has 33 heavy (non-hydrogen) atoms. The number of aliphatic hydroxyl groups is 1. The van der Waals surface area contributed by atoms with Crippen LogP contribution in [0.1, 0.15) is 33.9 Å². The minimum atomic E-state index is -1.38. The van der Waals surface area contributed by atoms with Crippen molar-refractivity contribution in [1.82, 2.24) is 15.0 Å². The summed E-state index contributed by atoms with van der Waals surface area (Å²) in [5.74, 6) is -0.297. The van der Waals surface area contributed by atoms with Crippen LogP contribution in [-0.4, -0.2) is 20.1 Å². The molecule has 1 N–H and O–H groups in total. The van der Waals surface area contributed by atoms with Crippen molar-refractivity contribution in [2.45, 2.75) is 18.1 Å². The van der Waals surface area contributed by atoms with E-state index in [2.05, 4.69) is 58.8 Å². The molecular formula is C29H23N3O. The van der Waals surface area contributed by atoms with Gasteiger partial charge in [0.15, 0.2) is 0 Å². The van der Waals surface area contributed by atoms with Crippen LogP contribution in [-0.2, 0) is 12.1 Å². The molecule has 160 valence electrons. The van der Waals surface area contributed by atoms with E-state index in [1.54, 1.807) is 4.68 Å². The lowest BCUT2D eigenvalue weighted by Crippen LogP contribution is -2.35. The highest BCUT2D eigenvalue weighted by Gasteiger charge is 2.48. The predicted molar refractivity (Wildman–Crippen MR) is 129 cm³/mol. The Morgan fingerprint density at radius 1 is 0.697 bits per heavy atom. The van der Waals surface area contributed by atoms with Crippen LogP contribution in [0.4, 0.5) is 0 Å². The molecule has 0 amide bonds. The normalized spacial score (nSPS) is 14.5. The van der Waals surface area contributed by atoms with Crippen LogP contribution >= 0.6 is 0 Å². The van der Waals surface area contributed by atoms with E-state index in [4.69, 9.17) is 0 Å². The van der Waals surface area contributed by atoms with Crippen LogP contribution in [0.3, 0.4) is 0 Å². The van der Waals surface area contributed by atoms with Crippen LogP contribution in [0, 0.1) is 0 Å². The average molecular weight is 430 g/mol. The van der Waals surface area contributed by atoms with Gasteiger partial charge in [-0.15, -0.1) is 5.10 Å². The number of fused-ring (bicyclic) bond motifs is 3. The average Bonchev–Trinajstić information content (AvgIpc) is 3.48. The molecule has 0 saturated heterocycles. The van der Waals surface area contributed by atoms with E-state index in [0.717, 1.165) is 33.4 Å². The van der Waals surface area contributed by atoms with Crippen LogP contribution in [0.25, 0.3) is 11.1 Å². The largest absolute Gasteiger partial charge is 0.378 e. The van der Waals surface area contributed by atoms with E-state index in [0.29, 0.717) is 12.2 Å². The maximum Gasteiger partial charge on any atom is 0.146 e. The maximum atomic E-state index is 12.6. The minimum absolute atomic E-state index is 0.297. The summed E-state index contributed by atoms with van der Waals surface area (Å²) in [5, 5.41) is 21.5. The fourth-order valence-corrected chi connectivity index (χ4v) is 5.08. The van der Waals surface area contributed by atoms with Crippen molar-refractivity contribution in [3.8, 4) is 11.1 Å². The van der Waals surface area contributed by atoms with Crippen molar-refractivity contribution >= 4 is 0 Å². The third kappa shape index (κ3) is 3.19. The zero-order chi connectivity index (χ0) is 22.3. The van der Waals surface area contributed by atoms with Crippen LogP contribution in [0.5, 0.6) is 0 Å². The van der Waals surface area contributed by atoms with Crippen molar-refractivity contribution in [1.29, 1.82) is 0 Å². The zero-order valence-electron chi connectivity index (χ0n) is 18.0. The van der Waals surface area contributed by atoms with Crippen molar-refractivity contribution in [2.75, 3.05) is 0 Å². The maximum absolute atomic E-state index is 12.6. The summed E-state index contributed by atoms with van der Waals surface area (Å²) in [7, 11) is 0. The van der Waals surface area contributed by atoms with E-state index in [1.807, 2.05) is 66.9 Å². The molecule has 6 rings (SSSR count). The Balaban J connectivity index is 1.53. The summed E-state index contributed by atoms with van der Waals surface area (Å²) in [6, 6.07) is 36.6. The van der Waals surface area contributed by atoms with Crippen LogP contribution in [0.15, 0.2) is 115 Å². The Morgan fingerprint density at radius 2 is 1.24 bits per heavy atom. The molecule has 4 heteroatoms. The lowest BCUT2D eigenvalue weighted by molar-refractivity contribution is 0.0592. The molecule has 1 aromatic heterocycles. The first-order chi connectivity index (χ1) is 16.2. The smallest absolute Gasteiger partial charge is 0.146 e. The highest BCUT2D eigenvalue weighted by molar-refractivity contribution is 5.80. The topological polar surface area (TPSA) is 50.9 Å². The van der Waals surface area contributed by atoms with Crippen molar-refractivity contribution in [3.63, 3.8) is 0 Å². The lowest BCUT2D eigenvalue weighted by atomic mass is 9.74. The molecule has 4 nitrogen and oxygen atoms in total. The molecule has 0 bridgehead atoms. The van der Waals surface area contributed by atoms with Gasteiger partial charge in [0.25, 0.3) is 0 Å². The molecule has 0 fully saturated rings. The lowest BCUT2D eigenvalue weighted by Gasteiger charge is -2.34. The van der Waals surface area contributed by atoms with Gasteiger partial charge in [-0.25, -0.2) is 4.68 Å². The second kappa shape index (κ2) is 7.84.